The van der Waals surface area contributed by atoms with Gasteiger partial charge in [-0.15, -0.1) is 10.2 Å². The van der Waals surface area contributed by atoms with Crippen molar-refractivity contribution in [2.24, 2.45) is 11.8 Å². The number of methoxy groups -OCH3 is 1. The van der Waals surface area contributed by atoms with E-state index in [1.807, 2.05) is 6.20 Å². The van der Waals surface area contributed by atoms with Crippen LogP contribution in [0.3, 0.4) is 0 Å². The molecule has 3 aliphatic carbocycles. The van der Waals surface area contributed by atoms with Crippen LogP contribution < -0.4 is 9.64 Å². The lowest BCUT2D eigenvalue weighted by Gasteiger charge is -2.36. The van der Waals surface area contributed by atoms with Crippen LogP contribution in [0.15, 0.2) is 54.9 Å². The van der Waals surface area contributed by atoms with Crippen molar-refractivity contribution in [1.29, 1.82) is 0 Å². The normalized spacial score (nSPS) is 23.8. The molecule has 3 fully saturated rings. The van der Waals surface area contributed by atoms with E-state index in [2.05, 4.69) is 90.9 Å². The first-order valence-corrected chi connectivity index (χ1v) is 16.4. The fraction of sp³-hybridized carbons (Fsp3) is 0.514. The van der Waals surface area contributed by atoms with Crippen molar-refractivity contribution in [2.45, 2.75) is 89.0 Å². The fourth-order valence-electron chi connectivity index (χ4n) is 7.46. The third kappa shape index (κ3) is 6.14. The number of aromatic nitrogens is 6. The summed E-state index contributed by atoms with van der Waals surface area (Å²) in [7, 11) is 1.73. The van der Waals surface area contributed by atoms with Crippen LogP contribution in [-0.2, 0) is 4.79 Å². The van der Waals surface area contributed by atoms with Crippen molar-refractivity contribution in [2.75, 3.05) is 18.6 Å². The molecule has 2 heterocycles. The zero-order valence-electron chi connectivity index (χ0n) is 25.9. The Morgan fingerprint density at radius 3 is 2.45 bits per heavy atom. The maximum Gasteiger partial charge on any atom is 0.230 e. The molecule has 4 aromatic rings. The number of carbonyl (C=O) groups excluding carboxylic acids is 1. The van der Waals surface area contributed by atoms with E-state index in [-0.39, 0.29) is 17.7 Å². The van der Waals surface area contributed by atoms with Gasteiger partial charge in [0, 0.05) is 35.8 Å². The Bertz CT molecular complexity index is 1560. The molecule has 0 atom stereocenters. The first-order valence-electron chi connectivity index (χ1n) is 16.4. The van der Waals surface area contributed by atoms with Crippen molar-refractivity contribution in [3.63, 3.8) is 0 Å². The Morgan fingerprint density at radius 1 is 0.955 bits per heavy atom. The van der Waals surface area contributed by atoms with Crippen molar-refractivity contribution in [3.05, 3.63) is 71.8 Å². The van der Waals surface area contributed by atoms with Gasteiger partial charge >= 0.3 is 0 Å². The van der Waals surface area contributed by atoms with Crippen molar-refractivity contribution >= 4 is 11.6 Å². The number of aryl methyl sites for hydroxylation is 1. The maximum absolute atomic E-state index is 14.3. The van der Waals surface area contributed by atoms with Gasteiger partial charge in [-0.3, -0.25) is 9.48 Å². The van der Waals surface area contributed by atoms with Gasteiger partial charge in [0.15, 0.2) is 5.82 Å². The molecule has 2 aromatic heterocycles. The second kappa shape index (κ2) is 12.5. The number of H-pyrrole nitrogens is 1. The molecule has 2 aromatic carbocycles. The Labute approximate surface area is 259 Å². The van der Waals surface area contributed by atoms with Crippen LogP contribution in [-0.4, -0.2) is 50.0 Å². The second-order valence-corrected chi connectivity index (χ2v) is 13.2. The molecule has 1 amide bonds. The quantitative estimate of drug-likeness (QED) is 0.224. The van der Waals surface area contributed by atoms with Gasteiger partial charge in [0.1, 0.15) is 5.75 Å². The predicted molar refractivity (Wildman–Crippen MR) is 170 cm³/mol. The smallest absolute Gasteiger partial charge is 0.230 e. The van der Waals surface area contributed by atoms with E-state index in [0.29, 0.717) is 17.9 Å². The molecule has 7 rings (SSSR count). The Balaban J connectivity index is 1.08. The molecule has 44 heavy (non-hydrogen) atoms. The maximum atomic E-state index is 14.3. The molecular formula is C35H43N7O2. The predicted octanol–water partition coefficient (Wildman–Crippen LogP) is 7.00. The highest BCUT2D eigenvalue weighted by Gasteiger charge is 2.34. The molecule has 3 aliphatic rings. The average molecular weight is 594 g/mol. The number of amides is 1. The molecule has 0 aliphatic heterocycles. The minimum atomic E-state index is 0.0121. The van der Waals surface area contributed by atoms with Crippen LogP contribution in [0.5, 0.6) is 5.75 Å². The van der Waals surface area contributed by atoms with Gasteiger partial charge in [0.05, 0.1) is 19.3 Å². The number of tetrazole rings is 1. The standard InChI is InChI=1S/C35H43N7O2/c1-23-18-29(14-17-33(23)44-2)25-8-6-24(7-9-25)21-41(35(43)27-12-10-26(11-13-27)34-37-39-40-38-34)32-5-3-4-28(19-32)30-20-36-42(22-30)31-15-16-31/h3-5,14,17-20,22,24-27,31H,6-13,15-16,21H2,1-2H3,(H,37,38,39,40). The van der Waals surface area contributed by atoms with Crippen molar-refractivity contribution < 1.29 is 9.53 Å². The van der Waals surface area contributed by atoms with E-state index in [0.717, 1.165) is 86.3 Å². The Kier molecular flexibility index (Phi) is 8.19. The van der Waals surface area contributed by atoms with Gasteiger partial charge in [-0.25, -0.2) is 0 Å². The summed E-state index contributed by atoms with van der Waals surface area (Å²) in [5, 5.41) is 19.4. The van der Waals surface area contributed by atoms with Crippen LogP contribution >= 0.6 is 0 Å². The van der Waals surface area contributed by atoms with E-state index >= 15 is 0 Å². The van der Waals surface area contributed by atoms with Crippen LogP contribution in [0.1, 0.15) is 99.0 Å². The number of nitrogens with one attached hydrogen (secondary N) is 1. The lowest BCUT2D eigenvalue weighted by atomic mass is 9.77. The zero-order chi connectivity index (χ0) is 30.0. The second-order valence-electron chi connectivity index (χ2n) is 13.2. The van der Waals surface area contributed by atoms with Gasteiger partial charge < -0.3 is 9.64 Å². The molecule has 1 N–H and O–H groups in total. The molecule has 3 saturated carbocycles. The summed E-state index contributed by atoms with van der Waals surface area (Å²) in [6, 6.07) is 15.7. The number of aromatic amines is 1. The fourth-order valence-corrected chi connectivity index (χ4v) is 7.46. The number of carbonyl (C=O) groups is 1. The van der Waals surface area contributed by atoms with Gasteiger partial charge in [0.25, 0.3) is 0 Å². The average Bonchev–Trinajstić information content (AvgIpc) is 3.53. The van der Waals surface area contributed by atoms with Crippen LogP contribution in [0.25, 0.3) is 11.1 Å². The van der Waals surface area contributed by atoms with E-state index in [9.17, 15) is 4.79 Å². The summed E-state index contributed by atoms with van der Waals surface area (Å²) in [6.45, 7) is 2.89. The molecular weight excluding hydrogens is 550 g/mol. The summed E-state index contributed by atoms with van der Waals surface area (Å²) in [5.41, 5.74) is 5.83. The molecule has 0 bridgehead atoms. The summed E-state index contributed by atoms with van der Waals surface area (Å²) in [4.78, 5) is 16.5. The Hall–Kier alpha value is -4.01. The summed E-state index contributed by atoms with van der Waals surface area (Å²) >= 11 is 0. The lowest BCUT2D eigenvalue weighted by molar-refractivity contribution is -0.123. The first-order chi connectivity index (χ1) is 21.6. The minimum Gasteiger partial charge on any atom is -0.496 e. The van der Waals surface area contributed by atoms with Gasteiger partial charge in [-0.05, 0) is 118 Å². The number of hydrogen-bond acceptors (Lipinski definition) is 6. The van der Waals surface area contributed by atoms with Crippen molar-refractivity contribution in [3.8, 4) is 16.9 Å². The first kappa shape index (κ1) is 28.7. The summed E-state index contributed by atoms with van der Waals surface area (Å²) in [6.07, 6.45) is 14.6. The van der Waals surface area contributed by atoms with Crippen LogP contribution in [0.4, 0.5) is 5.69 Å². The molecule has 0 spiro atoms. The monoisotopic (exact) mass is 593 g/mol. The SMILES string of the molecule is COc1ccc(C2CCC(CN(C(=O)C3CCC(c4nn[nH]n4)CC3)c3cccc(-c4cnn(C5CC5)c4)c3)CC2)cc1C. The van der Waals surface area contributed by atoms with E-state index in [1.165, 1.54) is 24.0 Å². The number of nitrogens with zero attached hydrogens (tertiary/aromatic N) is 6. The summed E-state index contributed by atoms with van der Waals surface area (Å²) in [5.74, 6) is 3.31. The number of rotatable bonds is 9. The van der Waals surface area contributed by atoms with Gasteiger partial charge in [0.2, 0.25) is 5.91 Å². The number of anilines is 1. The summed E-state index contributed by atoms with van der Waals surface area (Å²) < 4.78 is 7.58. The van der Waals surface area contributed by atoms with E-state index in [1.54, 1.807) is 7.11 Å². The molecule has 230 valence electrons. The van der Waals surface area contributed by atoms with E-state index < -0.39 is 0 Å². The third-order valence-electron chi connectivity index (χ3n) is 10.3. The molecule has 0 radical (unpaired) electrons. The van der Waals surface area contributed by atoms with Crippen molar-refractivity contribution in [1.82, 2.24) is 30.4 Å². The minimum absolute atomic E-state index is 0.0121. The largest absolute Gasteiger partial charge is 0.496 e. The van der Waals surface area contributed by atoms with E-state index in [4.69, 9.17) is 4.74 Å². The highest BCUT2D eigenvalue weighted by atomic mass is 16.5. The topological polar surface area (TPSA) is 102 Å². The number of ether oxygens (including phenoxy) is 1. The molecule has 0 unspecified atom stereocenters. The number of benzene rings is 2. The van der Waals surface area contributed by atoms with Gasteiger partial charge in [-0.1, -0.05) is 29.5 Å². The highest BCUT2D eigenvalue weighted by Crippen LogP contribution is 2.40. The van der Waals surface area contributed by atoms with Crippen LogP contribution in [0, 0.1) is 18.8 Å². The Morgan fingerprint density at radius 2 is 1.75 bits per heavy atom. The molecule has 9 nitrogen and oxygen atoms in total. The number of hydrogen-bond donors (Lipinski definition) is 1. The lowest BCUT2D eigenvalue weighted by Crippen LogP contribution is -2.41. The zero-order valence-corrected chi connectivity index (χ0v) is 25.9. The third-order valence-corrected chi connectivity index (χ3v) is 10.3. The highest BCUT2D eigenvalue weighted by molar-refractivity contribution is 5.95. The molecule has 0 saturated heterocycles. The van der Waals surface area contributed by atoms with Gasteiger partial charge in [-0.2, -0.15) is 10.3 Å². The van der Waals surface area contributed by atoms with Crippen LogP contribution in [0.2, 0.25) is 0 Å². The molecule has 9 heteroatoms.